The summed E-state index contributed by atoms with van der Waals surface area (Å²) < 4.78 is 0. The summed E-state index contributed by atoms with van der Waals surface area (Å²) in [6.07, 6.45) is 0.915. The summed E-state index contributed by atoms with van der Waals surface area (Å²) in [5.41, 5.74) is 0.916. The first-order chi connectivity index (χ1) is 6.63. The molecule has 0 bridgehead atoms. The van der Waals surface area contributed by atoms with Gasteiger partial charge in [-0.05, 0) is 24.1 Å². The Morgan fingerprint density at radius 3 is 2.64 bits per heavy atom. The smallest absolute Gasteiger partial charge is 0.303 e. The molecule has 0 aliphatic heterocycles. The fourth-order valence-electron chi connectivity index (χ4n) is 1.10. The summed E-state index contributed by atoms with van der Waals surface area (Å²) in [5, 5.41) is 17.7. The zero-order valence-electron chi connectivity index (χ0n) is 7.43. The van der Waals surface area contributed by atoms with Crippen molar-refractivity contribution in [2.24, 2.45) is 0 Å². The second-order valence-corrected chi connectivity index (χ2v) is 2.90. The molecule has 0 radical (unpaired) electrons. The van der Waals surface area contributed by atoms with E-state index in [1.54, 1.807) is 6.07 Å². The number of aldehydes is 1. The minimum atomic E-state index is -0.885. The average molecular weight is 194 g/mol. The first-order valence-corrected chi connectivity index (χ1v) is 4.12. The van der Waals surface area contributed by atoms with Crippen molar-refractivity contribution in [2.45, 2.75) is 12.8 Å². The van der Waals surface area contributed by atoms with Gasteiger partial charge in [0.2, 0.25) is 0 Å². The number of carboxylic acids is 1. The molecule has 0 fully saturated rings. The van der Waals surface area contributed by atoms with Crippen LogP contribution in [0.4, 0.5) is 0 Å². The highest BCUT2D eigenvalue weighted by molar-refractivity contribution is 5.79. The minimum absolute atomic E-state index is 0.0138. The van der Waals surface area contributed by atoms with Crippen LogP contribution in [0.3, 0.4) is 0 Å². The number of rotatable bonds is 4. The van der Waals surface area contributed by atoms with Gasteiger partial charge < -0.3 is 10.2 Å². The molecule has 0 spiro atoms. The number of aryl methyl sites for hydroxylation is 1. The lowest BCUT2D eigenvalue weighted by molar-refractivity contribution is -0.136. The number of hydrogen-bond acceptors (Lipinski definition) is 3. The van der Waals surface area contributed by atoms with Crippen molar-refractivity contribution < 1.29 is 19.8 Å². The van der Waals surface area contributed by atoms with E-state index in [1.807, 2.05) is 0 Å². The Hall–Kier alpha value is -1.84. The second-order valence-electron chi connectivity index (χ2n) is 2.90. The van der Waals surface area contributed by atoms with Gasteiger partial charge >= 0.3 is 5.97 Å². The number of phenols is 1. The molecule has 0 amide bonds. The molecule has 0 saturated carbocycles. The zero-order valence-corrected chi connectivity index (χ0v) is 7.43. The molecule has 4 heteroatoms. The van der Waals surface area contributed by atoms with E-state index in [4.69, 9.17) is 5.11 Å². The monoisotopic (exact) mass is 194 g/mol. The highest BCUT2D eigenvalue weighted by Gasteiger charge is 2.03. The van der Waals surface area contributed by atoms with Gasteiger partial charge in [-0.3, -0.25) is 9.59 Å². The molecule has 0 aromatic heterocycles. The molecule has 2 N–H and O–H groups in total. The van der Waals surface area contributed by atoms with Crippen molar-refractivity contribution >= 4 is 12.3 Å². The molecule has 1 aromatic carbocycles. The Morgan fingerprint density at radius 1 is 1.43 bits per heavy atom. The van der Waals surface area contributed by atoms with Crippen molar-refractivity contribution in [1.82, 2.24) is 0 Å². The van der Waals surface area contributed by atoms with Gasteiger partial charge in [-0.15, -0.1) is 0 Å². The van der Waals surface area contributed by atoms with Crippen LogP contribution >= 0.6 is 0 Å². The van der Waals surface area contributed by atoms with Crippen LogP contribution in [0.1, 0.15) is 22.3 Å². The van der Waals surface area contributed by atoms with Gasteiger partial charge in [-0.25, -0.2) is 0 Å². The van der Waals surface area contributed by atoms with Gasteiger partial charge in [0.1, 0.15) is 5.75 Å². The quantitative estimate of drug-likeness (QED) is 0.707. The number of benzene rings is 1. The molecule has 0 saturated heterocycles. The Labute approximate surface area is 80.8 Å². The number of carbonyl (C=O) groups excluding carboxylic acids is 1. The van der Waals surface area contributed by atoms with E-state index < -0.39 is 5.97 Å². The summed E-state index contributed by atoms with van der Waals surface area (Å²) in [5.74, 6) is -0.994. The van der Waals surface area contributed by atoms with Gasteiger partial charge in [-0.2, -0.15) is 0 Å². The number of hydrogen-bond donors (Lipinski definition) is 2. The lowest BCUT2D eigenvalue weighted by Gasteiger charge is -2.01. The number of aromatic hydroxyl groups is 1. The van der Waals surface area contributed by atoms with Crippen LogP contribution in [-0.2, 0) is 11.2 Å². The van der Waals surface area contributed by atoms with E-state index in [0.717, 1.165) is 0 Å². The predicted molar refractivity (Wildman–Crippen MR) is 49.5 cm³/mol. The van der Waals surface area contributed by atoms with Crippen molar-refractivity contribution in [2.75, 3.05) is 0 Å². The molecular formula is C10H10O4. The topological polar surface area (TPSA) is 74.6 Å². The fraction of sp³-hybridized carbons (Fsp3) is 0.200. The molecule has 0 heterocycles. The summed E-state index contributed by atoms with van der Waals surface area (Å²) in [6.45, 7) is 0. The Balaban J connectivity index is 2.76. The normalized spacial score (nSPS) is 9.71. The third-order valence-corrected chi connectivity index (χ3v) is 1.85. The van der Waals surface area contributed by atoms with Gasteiger partial charge in [0.15, 0.2) is 6.29 Å². The molecule has 0 unspecified atom stereocenters. The van der Waals surface area contributed by atoms with E-state index in [9.17, 15) is 14.7 Å². The van der Waals surface area contributed by atoms with Crippen LogP contribution in [0.5, 0.6) is 5.75 Å². The van der Waals surface area contributed by atoms with Crippen LogP contribution in [0.2, 0.25) is 0 Å². The van der Waals surface area contributed by atoms with Crippen molar-refractivity contribution in [3.05, 3.63) is 29.3 Å². The third-order valence-electron chi connectivity index (χ3n) is 1.85. The molecule has 74 valence electrons. The second kappa shape index (κ2) is 4.41. The number of aliphatic carboxylic acids is 1. The Morgan fingerprint density at radius 2 is 2.14 bits per heavy atom. The highest BCUT2D eigenvalue weighted by atomic mass is 16.4. The fourth-order valence-corrected chi connectivity index (χ4v) is 1.10. The van der Waals surface area contributed by atoms with Crippen LogP contribution in [0.25, 0.3) is 0 Å². The van der Waals surface area contributed by atoms with E-state index in [0.29, 0.717) is 18.3 Å². The van der Waals surface area contributed by atoms with E-state index in [1.165, 1.54) is 12.1 Å². The molecule has 1 aromatic rings. The standard InChI is InChI=1S/C10H10O4/c11-6-8-3-1-7(5-9(8)12)2-4-10(13)14/h1,3,5-6,12H,2,4H2,(H,13,14). The molecule has 0 aliphatic rings. The largest absolute Gasteiger partial charge is 0.507 e. The van der Waals surface area contributed by atoms with Crippen LogP contribution in [0, 0.1) is 0 Å². The molecule has 4 nitrogen and oxygen atoms in total. The molecular weight excluding hydrogens is 184 g/mol. The maximum atomic E-state index is 10.4. The van der Waals surface area contributed by atoms with Crippen molar-refractivity contribution in [3.8, 4) is 5.75 Å². The van der Waals surface area contributed by atoms with Crippen LogP contribution < -0.4 is 0 Å². The van der Waals surface area contributed by atoms with Gasteiger partial charge in [-0.1, -0.05) is 6.07 Å². The highest BCUT2D eigenvalue weighted by Crippen LogP contribution is 2.17. The lowest BCUT2D eigenvalue weighted by Crippen LogP contribution is -1.97. The first-order valence-electron chi connectivity index (χ1n) is 4.12. The summed E-state index contributed by atoms with van der Waals surface area (Å²) in [6, 6.07) is 4.51. The Kier molecular flexibility index (Phi) is 3.23. The molecule has 0 aliphatic carbocycles. The Bertz CT molecular complexity index is 357. The maximum absolute atomic E-state index is 10.4. The van der Waals surface area contributed by atoms with E-state index >= 15 is 0 Å². The van der Waals surface area contributed by atoms with Gasteiger partial charge in [0, 0.05) is 6.42 Å². The third kappa shape index (κ3) is 2.58. The van der Waals surface area contributed by atoms with Crippen molar-refractivity contribution in [1.29, 1.82) is 0 Å². The average Bonchev–Trinajstić information content (AvgIpc) is 2.15. The lowest BCUT2D eigenvalue weighted by atomic mass is 10.1. The number of carbonyl (C=O) groups is 2. The summed E-state index contributed by atoms with van der Waals surface area (Å²) in [4.78, 5) is 20.6. The minimum Gasteiger partial charge on any atom is -0.507 e. The SMILES string of the molecule is O=Cc1ccc(CCC(=O)O)cc1O. The summed E-state index contributed by atoms with van der Waals surface area (Å²) >= 11 is 0. The summed E-state index contributed by atoms with van der Waals surface area (Å²) in [7, 11) is 0. The first kappa shape index (κ1) is 10.2. The van der Waals surface area contributed by atoms with E-state index in [-0.39, 0.29) is 17.7 Å². The van der Waals surface area contributed by atoms with E-state index in [2.05, 4.69) is 0 Å². The predicted octanol–water partition coefficient (Wildman–Crippen LogP) is 1.22. The van der Waals surface area contributed by atoms with Gasteiger partial charge in [0.25, 0.3) is 0 Å². The molecule has 1 rings (SSSR count). The van der Waals surface area contributed by atoms with Gasteiger partial charge in [0.05, 0.1) is 5.56 Å². The number of carboxylic acid groups (broad SMARTS) is 1. The maximum Gasteiger partial charge on any atom is 0.303 e. The molecule has 14 heavy (non-hydrogen) atoms. The van der Waals surface area contributed by atoms with Crippen LogP contribution in [0.15, 0.2) is 18.2 Å². The zero-order chi connectivity index (χ0) is 10.6. The van der Waals surface area contributed by atoms with Crippen LogP contribution in [-0.4, -0.2) is 22.5 Å². The van der Waals surface area contributed by atoms with Crippen molar-refractivity contribution in [3.63, 3.8) is 0 Å². The number of phenolic OH excluding ortho intramolecular Hbond substituents is 1. The molecule has 0 atom stereocenters.